The minimum atomic E-state index is 0.870. The predicted molar refractivity (Wildman–Crippen MR) is 78.4 cm³/mol. The smallest absolute Gasteiger partial charge is 0.151 e. The van der Waals surface area contributed by atoms with Gasteiger partial charge in [0, 0.05) is 12.4 Å². The molecular formula is C16H26N2. The van der Waals surface area contributed by atoms with Crippen LogP contribution in [0.25, 0.3) is 6.08 Å². The lowest BCUT2D eigenvalue weighted by molar-refractivity contribution is 0.747. The fraction of sp³-hybridized carbons (Fsp3) is 0.625. The van der Waals surface area contributed by atoms with Gasteiger partial charge in [-0.3, -0.25) is 0 Å². The van der Waals surface area contributed by atoms with Crippen molar-refractivity contribution in [2.24, 2.45) is 0 Å². The fourth-order valence-corrected chi connectivity index (χ4v) is 2.03. The first kappa shape index (κ1) is 14.9. The maximum Gasteiger partial charge on any atom is 0.151 e. The number of hydrogen-bond acceptors (Lipinski definition) is 2. The van der Waals surface area contributed by atoms with E-state index in [1.54, 1.807) is 0 Å². The van der Waals surface area contributed by atoms with Crippen LogP contribution in [0.5, 0.6) is 0 Å². The van der Waals surface area contributed by atoms with Crippen molar-refractivity contribution >= 4 is 6.08 Å². The summed E-state index contributed by atoms with van der Waals surface area (Å²) in [6, 6.07) is 0. The molecule has 0 unspecified atom stereocenters. The molecule has 1 aromatic rings. The zero-order chi connectivity index (χ0) is 13.2. The van der Waals surface area contributed by atoms with Crippen molar-refractivity contribution in [2.45, 2.75) is 65.7 Å². The lowest BCUT2D eigenvalue weighted by atomic mass is 10.0. The minimum absolute atomic E-state index is 0.870. The number of rotatable bonds is 8. The molecule has 0 N–H and O–H groups in total. The number of aromatic nitrogens is 2. The summed E-state index contributed by atoms with van der Waals surface area (Å²) < 4.78 is 0. The van der Waals surface area contributed by atoms with Gasteiger partial charge in [0.25, 0.3) is 0 Å². The molecule has 0 aromatic carbocycles. The molecule has 1 aromatic heterocycles. The van der Waals surface area contributed by atoms with E-state index in [4.69, 9.17) is 0 Å². The first-order chi connectivity index (χ1) is 8.80. The summed E-state index contributed by atoms with van der Waals surface area (Å²) >= 11 is 0. The molecule has 0 atom stereocenters. The molecule has 0 spiro atoms. The average Bonchev–Trinajstić information content (AvgIpc) is 2.39. The molecule has 0 radical (unpaired) electrons. The summed E-state index contributed by atoms with van der Waals surface area (Å²) in [7, 11) is 0. The molecule has 0 bridgehead atoms. The van der Waals surface area contributed by atoms with Crippen molar-refractivity contribution in [3.05, 3.63) is 29.4 Å². The third-order valence-electron chi connectivity index (χ3n) is 3.02. The van der Waals surface area contributed by atoms with Crippen LogP contribution in [0, 0.1) is 0 Å². The topological polar surface area (TPSA) is 25.8 Å². The highest BCUT2D eigenvalue weighted by atomic mass is 14.8. The summed E-state index contributed by atoms with van der Waals surface area (Å²) in [5, 5.41) is 0. The van der Waals surface area contributed by atoms with Crippen LogP contribution in [0.4, 0.5) is 0 Å². The van der Waals surface area contributed by atoms with E-state index in [-0.39, 0.29) is 0 Å². The Labute approximate surface area is 112 Å². The predicted octanol–water partition coefficient (Wildman–Crippen LogP) is 4.80. The number of unbranched alkanes of at least 4 members (excludes halogenated alkanes) is 1. The largest absolute Gasteiger partial charge is 0.237 e. The lowest BCUT2D eigenvalue weighted by Crippen LogP contribution is -1.93. The Morgan fingerprint density at radius 1 is 1.00 bits per heavy atom. The second kappa shape index (κ2) is 8.84. The molecule has 0 aliphatic rings. The van der Waals surface area contributed by atoms with Gasteiger partial charge in [-0.15, -0.1) is 0 Å². The maximum atomic E-state index is 4.44. The molecule has 2 heteroatoms. The number of hydrogen-bond donors (Lipinski definition) is 0. The van der Waals surface area contributed by atoms with Crippen LogP contribution >= 0.6 is 0 Å². The molecule has 0 saturated heterocycles. The maximum absolute atomic E-state index is 4.44. The normalized spacial score (nSPS) is 11.8. The molecule has 1 rings (SSSR count). The van der Waals surface area contributed by atoms with Crippen LogP contribution in [0.3, 0.4) is 0 Å². The van der Waals surface area contributed by atoms with Gasteiger partial charge < -0.3 is 0 Å². The van der Waals surface area contributed by atoms with E-state index in [1.807, 2.05) is 12.4 Å². The monoisotopic (exact) mass is 246 g/mol. The average molecular weight is 246 g/mol. The third kappa shape index (κ3) is 5.44. The standard InChI is InChI=1S/C16H26N2/c1-4-7-10-14(8-5-2)11-16-17-12-15(9-6-3)13-18-16/h11-13H,4-10H2,1-3H3/b14-11-. The van der Waals surface area contributed by atoms with Crippen molar-refractivity contribution in [1.82, 2.24) is 9.97 Å². The molecule has 100 valence electrons. The van der Waals surface area contributed by atoms with Gasteiger partial charge in [-0.25, -0.2) is 9.97 Å². The van der Waals surface area contributed by atoms with Crippen LogP contribution in [0.1, 0.15) is 70.7 Å². The van der Waals surface area contributed by atoms with E-state index in [2.05, 4.69) is 36.8 Å². The van der Waals surface area contributed by atoms with E-state index in [0.717, 1.165) is 18.7 Å². The Kier molecular flexibility index (Phi) is 7.31. The zero-order valence-electron chi connectivity index (χ0n) is 12.1. The van der Waals surface area contributed by atoms with Gasteiger partial charge >= 0.3 is 0 Å². The summed E-state index contributed by atoms with van der Waals surface area (Å²) in [4.78, 5) is 8.88. The summed E-state index contributed by atoms with van der Waals surface area (Å²) in [6.45, 7) is 6.64. The Hall–Kier alpha value is -1.18. The number of allylic oxidation sites excluding steroid dienone is 1. The van der Waals surface area contributed by atoms with Gasteiger partial charge in [0.2, 0.25) is 0 Å². The third-order valence-corrected chi connectivity index (χ3v) is 3.02. The summed E-state index contributed by atoms with van der Waals surface area (Å²) in [5.41, 5.74) is 2.72. The second-order valence-corrected chi connectivity index (χ2v) is 4.86. The molecule has 0 fully saturated rings. The van der Waals surface area contributed by atoms with Crippen molar-refractivity contribution in [1.29, 1.82) is 0 Å². The number of nitrogens with zero attached hydrogens (tertiary/aromatic N) is 2. The first-order valence-electron chi connectivity index (χ1n) is 7.30. The second-order valence-electron chi connectivity index (χ2n) is 4.86. The van der Waals surface area contributed by atoms with Crippen LogP contribution in [-0.2, 0) is 6.42 Å². The van der Waals surface area contributed by atoms with Crippen molar-refractivity contribution in [3.8, 4) is 0 Å². The van der Waals surface area contributed by atoms with E-state index < -0.39 is 0 Å². The highest BCUT2D eigenvalue weighted by Crippen LogP contribution is 2.16. The van der Waals surface area contributed by atoms with Crippen molar-refractivity contribution in [3.63, 3.8) is 0 Å². The molecule has 0 amide bonds. The Balaban J connectivity index is 2.70. The minimum Gasteiger partial charge on any atom is -0.237 e. The SMILES string of the molecule is CCCC/C(=C\c1ncc(CCC)cn1)CCC. The van der Waals surface area contributed by atoms with E-state index in [1.165, 1.54) is 43.2 Å². The molecule has 0 saturated carbocycles. The van der Waals surface area contributed by atoms with Gasteiger partial charge in [0.15, 0.2) is 5.82 Å². The van der Waals surface area contributed by atoms with E-state index in [0.29, 0.717) is 0 Å². The van der Waals surface area contributed by atoms with Gasteiger partial charge in [-0.1, -0.05) is 45.6 Å². The Morgan fingerprint density at radius 2 is 1.72 bits per heavy atom. The molecular weight excluding hydrogens is 220 g/mol. The van der Waals surface area contributed by atoms with Crippen molar-refractivity contribution < 1.29 is 0 Å². The van der Waals surface area contributed by atoms with Gasteiger partial charge in [-0.05, 0) is 37.3 Å². The molecule has 18 heavy (non-hydrogen) atoms. The summed E-state index contributed by atoms with van der Waals surface area (Å²) in [6.07, 6.45) is 14.4. The molecule has 0 aliphatic carbocycles. The molecule has 2 nitrogen and oxygen atoms in total. The zero-order valence-corrected chi connectivity index (χ0v) is 12.1. The Bertz CT molecular complexity index is 352. The van der Waals surface area contributed by atoms with Crippen molar-refractivity contribution in [2.75, 3.05) is 0 Å². The first-order valence-corrected chi connectivity index (χ1v) is 7.30. The van der Waals surface area contributed by atoms with Gasteiger partial charge in [0.05, 0.1) is 0 Å². The highest BCUT2D eigenvalue weighted by Gasteiger charge is 1.99. The quantitative estimate of drug-likeness (QED) is 0.658. The van der Waals surface area contributed by atoms with E-state index >= 15 is 0 Å². The van der Waals surface area contributed by atoms with Gasteiger partial charge in [-0.2, -0.15) is 0 Å². The van der Waals surface area contributed by atoms with Crippen LogP contribution in [0.2, 0.25) is 0 Å². The molecule has 1 heterocycles. The van der Waals surface area contributed by atoms with Crippen LogP contribution < -0.4 is 0 Å². The highest BCUT2D eigenvalue weighted by molar-refractivity contribution is 5.44. The molecule has 0 aliphatic heterocycles. The summed E-state index contributed by atoms with van der Waals surface area (Å²) in [5.74, 6) is 0.870. The van der Waals surface area contributed by atoms with Gasteiger partial charge in [0.1, 0.15) is 0 Å². The number of aryl methyl sites for hydroxylation is 1. The Morgan fingerprint density at radius 3 is 2.28 bits per heavy atom. The van der Waals surface area contributed by atoms with Crippen LogP contribution in [0.15, 0.2) is 18.0 Å². The lowest BCUT2D eigenvalue weighted by Gasteiger charge is -2.05. The van der Waals surface area contributed by atoms with Crippen LogP contribution in [-0.4, -0.2) is 9.97 Å². The fourth-order valence-electron chi connectivity index (χ4n) is 2.03. The van der Waals surface area contributed by atoms with E-state index in [9.17, 15) is 0 Å².